The molecule has 0 fully saturated rings. The second kappa shape index (κ2) is 5.14. The number of H-pyrrole nitrogens is 1. The number of nitrogens with one attached hydrogen (secondary N) is 2. The number of nitrogens with zero attached hydrogens (tertiary/aromatic N) is 1. The second-order valence-corrected chi connectivity index (χ2v) is 5.27. The van der Waals surface area contributed by atoms with Gasteiger partial charge in [0.2, 0.25) is 11.4 Å². The number of hydrogen-bond donors (Lipinski definition) is 2. The van der Waals surface area contributed by atoms with Crippen LogP contribution in [0.4, 0.5) is 5.88 Å². The average Bonchev–Trinajstić information content (AvgIpc) is 2.79. The molecule has 0 atom stereocenters. The fourth-order valence-corrected chi connectivity index (χ4v) is 2.26. The van der Waals surface area contributed by atoms with Crippen molar-refractivity contribution in [3.05, 3.63) is 57.0 Å². The molecule has 1 amide bonds. The van der Waals surface area contributed by atoms with Crippen molar-refractivity contribution in [3.63, 3.8) is 0 Å². The summed E-state index contributed by atoms with van der Waals surface area (Å²) in [6.07, 6.45) is 0. The summed E-state index contributed by atoms with van der Waals surface area (Å²) in [7, 11) is 0. The number of pyridine rings is 1. The Labute approximate surface area is 126 Å². The minimum absolute atomic E-state index is 0.295. The average molecular weight is 297 g/mol. The monoisotopic (exact) mass is 297 g/mol. The predicted octanol–water partition coefficient (Wildman–Crippen LogP) is 2.69. The highest BCUT2D eigenvalue weighted by atomic mass is 16.5. The van der Waals surface area contributed by atoms with Crippen LogP contribution in [0, 0.1) is 20.8 Å². The third-order valence-corrected chi connectivity index (χ3v) is 3.63. The van der Waals surface area contributed by atoms with Gasteiger partial charge in [0.15, 0.2) is 0 Å². The van der Waals surface area contributed by atoms with Gasteiger partial charge in [0.1, 0.15) is 0 Å². The lowest BCUT2D eigenvalue weighted by atomic mass is 10.1. The fourth-order valence-electron chi connectivity index (χ4n) is 2.26. The molecule has 0 radical (unpaired) electrons. The van der Waals surface area contributed by atoms with Crippen molar-refractivity contribution in [2.24, 2.45) is 0 Å². The first-order valence-electron chi connectivity index (χ1n) is 6.83. The normalized spacial score (nSPS) is 10.9. The Morgan fingerprint density at radius 1 is 1.23 bits per heavy atom. The van der Waals surface area contributed by atoms with E-state index in [0.717, 1.165) is 11.1 Å². The van der Waals surface area contributed by atoms with Crippen molar-refractivity contribution in [2.75, 3.05) is 5.32 Å². The van der Waals surface area contributed by atoms with Gasteiger partial charge in [-0.15, -0.1) is 0 Å². The van der Waals surface area contributed by atoms with E-state index in [4.69, 9.17) is 4.52 Å². The van der Waals surface area contributed by atoms with Crippen LogP contribution in [0.3, 0.4) is 0 Å². The lowest BCUT2D eigenvalue weighted by Gasteiger charge is -2.07. The molecule has 112 valence electrons. The Kier molecular flexibility index (Phi) is 3.29. The predicted molar refractivity (Wildman–Crippen MR) is 83.2 cm³/mol. The van der Waals surface area contributed by atoms with E-state index in [9.17, 15) is 9.59 Å². The summed E-state index contributed by atoms with van der Waals surface area (Å²) >= 11 is 0. The third-order valence-electron chi connectivity index (χ3n) is 3.63. The van der Waals surface area contributed by atoms with E-state index in [1.54, 1.807) is 13.0 Å². The Morgan fingerprint density at radius 2 is 2.00 bits per heavy atom. The highest BCUT2D eigenvalue weighted by molar-refractivity contribution is 6.12. The first-order valence-corrected chi connectivity index (χ1v) is 6.83. The summed E-state index contributed by atoms with van der Waals surface area (Å²) < 4.78 is 5.09. The molecule has 6 nitrogen and oxygen atoms in total. The van der Waals surface area contributed by atoms with E-state index in [1.165, 1.54) is 6.07 Å². The van der Waals surface area contributed by atoms with Gasteiger partial charge < -0.3 is 9.51 Å². The highest BCUT2D eigenvalue weighted by Crippen LogP contribution is 2.21. The molecule has 0 spiro atoms. The molecule has 3 aromatic rings. The molecular weight excluding hydrogens is 282 g/mol. The van der Waals surface area contributed by atoms with Crippen LogP contribution in [0.15, 0.2) is 33.6 Å². The second-order valence-electron chi connectivity index (χ2n) is 5.27. The van der Waals surface area contributed by atoms with Crippen molar-refractivity contribution in [1.29, 1.82) is 0 Å². The first kappa shape index (κ1) is 14.1. The van der Waals surface area contributed by atoms with Crippen molar-refractivity contribution in [1.82, 2.24) is 10.1 Å². The molecule has 0 aliphatic carbocycles. The van der Waals surface area contributed by atoms with Crippen LogP contribution in [-0.2, 0) is 0 Å². The van der Waals surface area contributed by atoms with Crippen LogP contribution in [0.25, 0.3) is 10.9 Å². The molecule has 1 aromatic carbocycles. The number of fused-ring (bicyclic) bond motifs is 1. The number of hydrogen-bond acceptors (Lipinski definition) is 4. The van der Waals surface area contributed by atoms with Gasteiger partial charge in [-0.25, -0.2) is 0 Å². The van der Waals surface area contributed by atoms with E-state index in [0.29, 0.717) is 28.0 Å². The minimum atomic E-state index is -0.402. The van der Waals surface area contributed by atoms with Crippen LogP contribution in [0.5, 0.6) is 0 Å². The SMILES string of the molecule is Cc1ccc2[nH]c(=O)cc(C(=O)Nc3onc(C)c3C)c2c1. The standard InChI is InChI=1S/C16H15N3O3/c1-8-4-5-13-11(6-8)12(7-14(20)17-13)15(21)18-16-9(2)10(3)19-22-16/h4-7H,1-3H3,(H,17,20)(H,18,21). The molecule has 2 aromatic heterocycles. The van der Waals surface area contributed by atoms with E-state index in [2.05, 4.69) is 15.5 Å². The molecule has 6 heteroatoms. The largest absolute Gasteiger partial charge is 0.338 e. The van der Waals surface area contributed by atoms with Gasteiger partial charge in [-0.1, -0.05) is 16.8 Å². The van der Waals surface area contributed by atoms with Gasteiger partial charge in [-0.05, 0) is 32.9 Å². The maximum atomic E-state index is 12.5. The van der Waals surface area contributed by atoms with E-state index >= 15 is 0 Å². The van der Waals surface area contributed by atoms with Gasteiger partial charge in [-0.3, -0.25) is 14.9 Å². The Hall–Kier alpha value is -2.89. The van der Waals surface area contributed by atoms with Crippen molar-refractivity contribution < 1.29 is 9.32 Å². The van der Waals surface area contributed by atoms with Crippen molar-refractivity contribution in [2.45, 2.75) is 20.8 Å². The summed E-state index contributed by atoms with van der Waals surface area (Å²) in [5, 5.41) is 7.15. The zero-order valence-electron chi connectivity index (χ0n) is 12.5. The summed E-state index contributed by atoms with van der Waals surface area (Å²) in [6.45, 7) is 5.53. The summed E-state index contributed by atoms with van der Waals surface area (Å²) in [4.78, 5) is 27.0. The topological polar surface area (TPSA) is 88.0 Å². The Bertz CT molecular complexity index is 937. The van der Waals surface area contributed by atoms with Gasteiger partial charge >= 0.3 is 0 Å². The maximum absolute atomic E-state index is 12.5. The molecule has 3 rings (SSSR count). The number of anilines is 1. The van der Waals surface area contributed by atoms with E-state index < -0.39 is 5.91 Å². The summed E-state index contributed by atoms with van der Waals surface area (Å²) in [5.41, 5.74) is 3.07. The Morgan fingerprint density at radius 3 is 2.68 bits per heavy atom. The number of amides is 1. The lowest BCUT2D eigenvalue weighted by Crippen LogP contribution is -2.17. The number of benzene rings is 1. The quantitative estimate of drug-likeness (QED) is 0.761. The van der Waals surface area contributed by atoms with Gasteiger partial charge in [0.25, 0.3) is 5.91 Å². The summed E-state index contributed by atoms with van der Waals surface area (Å²) in [5.74, 6) is -0.107. The van der Waals surface area contributed by atoms with Crippen molar-refractivity contribution >= 4 is 22.7 Å². The first-order chi connectivity index (χ1) is 10.5. The number of aromatic nitrogens is 2. The minimum Gasteiger partial charge on any atom is -0.338 e. The van der Waals surface area contributed by atoms with Crippen LogP contribution in [-0.4, -0.2) is 16.0 Å². The van der Waals surface area contributed by atoms with Crippen LogP contribution in [0.1, 0.15) is 27.2 Å². The Balaban J connectivity index is 2.09. The molecule has 22 heavy (non-hydrogen) atoms. The number of carbonyl (C=O) groups is 1. The molecule has 0 aliphatic rings. The zero-order chi connectivity index (χ0) is 15.9. The number of aryl methyl sites for hydroxylation is 2. The van der Waals surface area contributed by atoms with Gasteiger partial charge in [-0.2, -0.15) is 0 Å². The van der Waals surface area contributed by atoms with Crippen LogP contribution < -0.4 is 10.9 Å². The molecule has 0 unspecified atom stereocenters. The van der Waals surface area contributed by atoms with Crippen LogP contribution >= 0.6 is 0 Å². The maximum Gasteiger partial charge on any atom is 0.258 e. The molecule has 2 N–H and O–H groups in total. The molecule has 2 heterocycles. The van der Waals surface area contributed by atoms with Gasteiger partial charge in [0.05, 0.1) is 11.3 Å². The smallest absolute Gasteiger partial charge is 0.258 e. The zero-order valence-corrected chi connectivity index (χ0v) is 12.5. The molecule has 0 bridgehead atoms. The van der Waals surface area contributed by atoms with E-state index in [1.807, 2.05) is 26.0 Å². The molecular formula is C16H15N3O3. The fraction of sp³-hybridized carbons (Fsp3) is 0.188. The molecule has 0 aliphatic heterocycles. The number of rotatable bonds is 2. The third kappa shape index (κ3) is 2.39. The molecule has 0 saturated heterocycles. The number of carbonyl (C=O) groups excluding carboxylic acids is 1. The summed E-state index contributed by atoms with van der Waals surface area (Å²) in [6, 6.07) is 6.81. The highest BCUT2D eigenvalue weighted by Gasteiger charge is 2.16. The molecule has 0 saturated carbocycles. The van der Waals surface area contributed by atoms with Gasteiger partial charge in [0, 0.05) is 22.5 Å². The van der Waals surface area contributed by atoms with Crippen LogP contribution in [0.2, 0.25) is 0 Å². The lowest BCUT2D eigenvalue weighted by molar-refractivity contribution is 0.102. The van der Waals surface area contributed by atoms with E-state index in [-0.39, 0.29) is 5.56 Å². The van der Waals surface area contributed by atoms with Crippen molar-refractivity contribution in [3.8, 4) is 0 Å². The number of aromatic amines is 1.